The maximum atomic E-state index is 14.3. The number of nitrogens with one attached hydrogen (secondary N) is 6. The van der Waals surface area contributed by atoms with Gasteiger partial charge in [0.05, 0.1) is 35.4 Å². The predicted molar refractivity (Wildman–Crippen MR) is 526 cm³/mol. The number of unbranched alkanes of at least 4 members (excludes halogenated alkanes) is 1. The number of ether oxygens (including phenoxy) is 1. The van der Waals surface area contributed by atoms with Crippen molar-refractivity contribution in [2.24, 2.45) is 46.8 Å². The SMILES string of the molecule is C.C=CC[C@@H](CC(=O)[C@@H](Cc1c(Br)[nH]c2ccccc12)NC(=O)[C@@H](CC(=O)N1[C@H](C)CCC[C@@H]1C)CC(C)C)C(C)=O.CCCC[C@@H](CC(=O)[C@@H](Cc1cn(C(=O)OC)c2ccccc12)NC(=O)[C@@H](CC(=O)N1[C@H](C)CCC[C@@H]1C)CC(C)(C)C)c1ncn[nH]1.CSCC[C@@H](CC(=O)[C@@H](Cc1c(C)[nH]c2ccccc12)NC(=O)C(CC(=O)N1[C@H](C)CCC[C@@H]1C)C1CC1)C(C)=O. The topological polar surface area (TPSA) is 338 Å². The van der Waals surface area contributed by atoms with E-state index in [4.69, 9.17) is 4.74 Å². The second kappa shape index (κ2) is 50.6. The number of halogens is 1. The molecule has 11 rings (SSSR count). The number of nitrogens with zero attached hydrogens (tertiary/aromatic N) is 6. The Balaban J connectivity index is 0.000000242. The van der Waals surface area contributed by atoms with E-state index in [9.17, 15) is 57.5 Å². The summed E-state index contributed by atoms with van der Waals surface area (Å²) in [5.74, 6) is -2.17. The minimum absolute atomic E-state index is 0. The fourth-order valence-corrected chi connectivity index (χ4v) is 21.1. The van der Waals surface area contributed by atoms with Crippen LogP contribution in [0.1, 0.15) is 293 Å². The zero-order valence-corrected chi connectivity index (χ0v) is 82.7. The van der Waals surface area contributed by atoms with Crippen LogP contribution >= 0.6 is 27.7 Å². The lowest BCUT2D eigenvalue weighted by molar-refractivity contribution is -0.142. The summed E-state index contributed by atoms with van der Waals surface area (Å²) in [7, 11) is 1.32. The van der Waals surface area contributed by atoms with Crippen molar-refractivity contribution in [1.82, 2.24) is 60.4 Å². The van der Waals surface area contributed by atoms with Crippen molar-refractivity contribution in [1.29, 1.82) is 0 Å². The van der Waals surface area contributed by atoms with E-state index in [1.807, 2.05) is 115 Å². The third kappa shape index (κ3) is 30.1. The first-order chi connectivity index (χ1) is 61.8. The number of para-hydroxylation sites is 3. The smallest absolute Gasteiger partial charge is 0.418 e. The average Bonchev–Trinajstić information content (AvgIpc) is 1.70. The molecule has 131 heavy (non-hydrogen) atoms. The Bertz CT molecular complexity index is 4990. The molecule has 6 amide bonds. The predicted octanol–water partition coefficient (Wildman–Crippen LogP) is 19.4. The number of piperidine rings is 3. The van der Waals surface area contributed by atoms with Crippen molar-refractivity contribution in [2.75, 3.05) is 19.1 Å². The molecular formula is C104H151BrN12O13S. The average molecular weight is 1890 g/mol. The Morgan fingerprint density at radius 2 is 1.05 bits per heavy atom. The van der Waals surface area contributed by atoms with Gasteiger partial charge in [0.15, 0.2) is 17.3 Å². The fourth-order valence-electron chi connectivity index (χ4n) is 20.0. The first-order valence-corrected chi connectivity index (χ1v) is 49.9. The number of carbonyl (C=O) groups excluding carboxylic acids is 12. The summed E-state index contributed by atoms with van der Waals surface area (Å²) < 4.78 is 7.20. The van der Waals surface area contributed by atoms with E-state index in [-0.39, 0.29) is 188 Å². The first kappa shape index (κ1) is 107. The number of carbonyl (C=O) groups is 12. The standard InChI is InChI=1S/C37H54N6O5.C33H46BrN3O4.C33H47N3O4S.CH4/c1-8-9-15-26(34-38-23-39-41-34)19-32(44)30(18-28-22-42(36(47)48-7)31-17-11-10-16-29(28)31)40-35(46)27(21-37(4,5)6)20-33(45)43-24(2)13-12-14-25(43)3;1-7-11-24(23(6)38)17-30(39)29(19-27-26-14-8-9-15-28(26)35-32(27)34)36-33(41)25(16-20(2)3)18-31(40)37-21(4)12-10-13-22(37)5;1-20-9-8-10-21(2)36(20)32(39)19-28(24-13-14-24)33(40)35-30(31(38)17-25(23(4)37)15-16-41-5)18-27-22(3)34-29-12-7-6-11-26(27)29;/h10-11,16-17,22-27,30H,8-9,12-15,18-21H2,1-7H3,(H,40,46)(H,38,39,41);7-9,14-15,20-22,24-25,29,35H,1,10-13,16-19H2,2-6H3,(H,36,41);6-7,11-12,20-21,24-25,28,30,34H,8-10,13-19H2,1-5H3,(H,35,40);1H4/t24-,25+,26-,27-,30+;21-,22+,24-,25+,29+;20-,21+,25-,28?,30+;/m000./s1. The Morgan fingerprint density at radius 1 is 0.588 bits per heavy atom. The van der Waals surface area contributed by atoms with Gasteiger partial charge in [-0.3, -0.25) is 62.4 Å². The summed E-state index contributed by atoms with van der Waals surface area (Å²) in [5, 5.41) is 19.0. The van der Waals surface area contributed by atoms with Gasteiger partial charge in [0.25, 0.3) is 0 Å². The van der Waals surface area contributed by atoms with E-state index in [0.717, 1.165) is 150 Å². The number of amides is 6. The van der Waals surface area contributed by atoms with Crippen LogP contribution in [-0.4, -0.2) is 188 Å². The largest absolute Gasteiger partial charge is 0.452 e. The molecule has 0 bridgehead atoms. The molecule has 3 saturated heterocycles. The fraction of sp³-hybridized carbons (Fsp3) is 0.615. The molecule has 1 aliphatic carbocycles. The lowest BCUT2D eigenvalue weighted by atomic mass is 9.81. The van der Waals surface area contributed by atoms with Gasteiger partial charge in [0.1, 0.15) is 23.7 Å². The van der Waals surface area contributed by atoms with Crippen LogP contribution in [0.5, 0.6) is 0 Å². The van der Waals surface area contributed by atoms with E-state index >= 15 is 0 Å². The number of fused-ring (bicyclic) bond motifs is 3. The van der Waals surface area contributed by atoms with Crippen molar-refractivity contribution in [3.05, 3.63) is 131 Å². The maximum absolute atomic E-state index is 14.3. The van der Waals surface area contributed by atoms with Gasteiger partial charge in [-0.15, -0.1) is 6.58 Å². The van der Waals surface area contributed by atoms with Crippen LogP contribution in [0, 0.1) is 53.8 Å². The number of aromatic nitrogens is 6. The van der Waals surface area contributed by atoms with Crippen LogP contribution in [0.15, 0.2) is 103 Å². The van der Waals surface area contributed by atoms with E-state index in [1.165, 1.54) is 24.9 Å². The number of hydrogen-bond acceptors (Lipinski definition) is 16. The molecule has 3 aromatic carbocycles. The van der Waals surface area contributed by atoms with Gasteiger partial charge in [-0.2, -0.15) is 16.9 Å². The van der Waals surface area contributed by atoms with Crippen LogP contribution in [0.2, 0.25) is 0 Å². The molecule has 15 atom stereocenters. The Morgan fingerprint density at radius 3 is 1.54 bits per heavy atom. The van der Waals surface area contributed by atoms with Crippen molar-refractivity contribution in [3.8, 4) is 0 Å². The number of aryl methyl sites for hydroxylation is 1. The van der Waals surface area contributed by atoms with Crippen LogP contribution < -0.4 is 16.0 Å². The molecule has 4 aliphatic rings. The first-order valence-electron chi connectivity index (χ1n) is 47.7. The molecule has 0 radical (unpaired) electrons. The number of methoxy groups -OCH3 is 1. The summed E-state index contributed by atoms with van der Waals surface area (Å²) in [4.78, 5) is 179. The zero-order chi connectivity index (χ0) is 95.0. The van der Waals surface area contributed by atoms with Crippen molar-refractivity contribution in [2.45, 2.75) is 345 Å². The molecule has 718 valence electrons. The number of ketones is 5. The van der Waals surface area contributed by atoms with Crippen molar-refractivity contribution >= 4 is 131 Å². The molecule has 4 aromatic heterocycles. The molecule has 3 aliphatic heterocycles. The van der Waals surface area contributed by atoms with Crippen LogP contribution in [0.25, 0.3) is 32.7 Å². The van der Waals surface area contributed by atoms with Gasteiger partial charge < -0.3 is 45.4 Å². The number of benzene rings is 3. The number of Topliss-reactive ketones (excluding diaryl/α,β-unsaturated/α-hetero) is 5. The van der Waals surface area contributed by atoms with Gasteiger partial charge in [0, 0.05) is 169 Å². The highest BCUT2D eigenvalue weighted by atomic mass is 79.9. The van der Waals surface area contributed by atoms with E-state index in [2.05, 4.69) is 133 Å². The third-order valence-corrected chi connectivity index (χ3v) is 28.5. The highest BCUT2D eigenvalue weighted by molar-refractivity contribution is 9.10. The summed E-state index contributed by atoms with van der Waals surface area (Å²) >= 11 is 5.26. The number of aromatic amines is 3. The van der Waals surface area contributed by atoms with Crippen LogP contribution in [0.4, 0.5) is 4.79 Å². The third-order valence-electron chi connectivity index (χ3n) is 27.2. The zero-order valence-electron chi connectivity index (χ0n) is 80.3. The number of allylic oxidation sites excluding steroid dienone is 1. The lowest BCUT2D eigenvalue weighted by Gasteiger charge is -2.40. The number of hydrogen-bond donors (Lipinski definition) is 6. The Kier molecular flexibility index (Phi) is 41.4. The molecule has 7 heterocycles. The number of H-pyrrole nitrogens is 3. The second-order valence-corrected chi connectivity index (χ2v) is 41.1. The molecule has 4 fully saturated rings. The normalized spacial score (nSPS) is 19.6. The van der Waals surface area contributed by atoms with E-state index in [1.54, 1.807) is 31.0 Å². The molecule has 25 nitrogen and oxygen atoms in total. The molecule has 1 unspecified atom stereocenters. The minimum Gasteiger partial charge on any atom is -0.452 e. The second-order valence-electron chi connectivity index (χ2n) is 39.3. The molecule has 1 saturated carbocycles. The quantitative estimate of drug-likeness (QED) is 0.0194. The summed E-state index contributed by atoms with van der Waals surface area (Å²) in [6.45, 7) is 33.6. The molecule has 6 N–H and O–H groups in total. The molecular weight excluding hydrogens is 1740 g/mol. The van der Waals surface area contributed by atoms with Crippen LogP contribution in [-0.2, 0) is 76.7 Å². The van der Waals surface area contributed by atoms with E-state index < -0.39 is 47.9 Å². The molecule has 7 aromatic rings. The monoisotopic (exact) mass is 1890 g/mol. The van der Waals surface area contributed by atoms with Gasteiger partial charge in [-0.1, -0.05) is 122 Å². The summed E-state index contributed by atoms with van der Waals surface area (Å²) in [5.41, 5.74) is 5.92. The van der Waals surface area contributed by atoms with Crippen LogP contribution in [0.3, 0.4) is 0 Å². The number of thioether (sulfide) groups is 1. The van der Waals surface area contributed by atoms with Gasteiger partial charge in [0.2, 0.25) is 35.4 Å². The van der Waals surface area contributed by atoms with Gasteiger partial charge in [-0.25, -0.2) is 9.78 Å². The highest BCUT2D eigenvalue weighted by Gasteiger charge is 2.44. The minimum atomic E-state index is -0.896. The van der Waals surface area contributed by atoms with Crippen molar-refractivity contribution < 1.29 is 62.3 Å². The number of rotatable bonds is 42. The number of likely N-dealkylation sites (tertiary alicyclic amines) is 3. The lowest BCUT2D eigenvalue weighted by Crippen LogP contribution is -2.50. The molecule has 27 heteroatoms. The Labute approximate surface area is 790 Å². The molecule has 0 spiro atoms. The maximum Gasteiger partial charge on any atom is 0.418 e. The van der Waals surface area contributed by atoms with Crippen molar-refractivity contribution in [3.63, 3.8) is 0 Å². The van der Waals surface area contributed by atoms with Gasteiger partial charge >= 0.3 is 6.09 Å². The van der Waals surface area contributed by atoms with E-state index in [0.29, 0.717) is 43.4 Å². The van der Waals surface area contributed by atoms with Gasteiger partial charge in [-0.05, 0) is 245 Å². The highest BCUT2D eigenvalue weighted by Crippen LogP contribution is 2.41. The summed E-state index contributed by atoms with van der Waals surface area (Å²) in [6, 6.07) is 21.6. The summed E-state index contributed by atoms with van der Waals surface area (Å²) in [6.07, 6.45) is 23.3. The Hall–Kier alpha value is -9.37.